The Hall–Kier alpha value is -1.84. The van der Waals surface area contributed by atoms with E-state index in [9.17, 15) is 4.79 Å². The highest BCUT2D eigenvalue weighted by atomic mass is 16.2. The lowest BCUT2D eigenvalue weighted by atomic mass is 10.3. The molecule has 2 aromatic rings. The molecule has 4 nitrogen and oxygen atoms in total. The van der Waals surface area contributed by atoms with Crippen molar-refractivity contribution in [2.45, 2.75) is 25.8 Å². The summed E-state index contributed by atoms with van der Waals surface area (Å²) in [6, 6.07) is 6.14. The molecular formula is C12H13N3O. The van der Waals surface area contributed by atoms with Crippen molar-refractivity contribution in [1.29, 1.82) is 0 Å². The van der Waals surface area contributed by atoms with Crippen LogP contribution in [0.2, 0.25) is 0 Å². The van der Waals surface area contributed by atoms with Crippen molar-refractivity contribution in [3.8, 4) is 0 Å². The second kappa shape index (κ2) is 3.33. The SMILES string of the molecule is Cc1nc(C(=O)NC2CC2)c2ccccn12. The lowest BCUT2D eigenvalue weighted by molar-refractivity contribution is 0.0948. The number of hydrogen-bond acceptors (Lipinski definition) is 2. The van der Waals surface area contributed by atoms with E-state index in [4.69, 9.17) is 0 Å². The molecule has 2 heterocycles. The Balaban J connectivity index is 2.05. The summed E-state index contributed by atoms with van der Waals surface area (Å²) >= 11 is 0. The van der Waals surface area contributed by atoms with Crippen LogP contribution in [0.25, 0.3) is 5.52 Å². The minimum Gasteiger partial charge on any atom is -0.348 e. The maximum atomic E-state index is 11.9. The predicted molar refractivity (Wildman–Crippen MR) is 60.4 cm³/mol. The van der Waals surface area contributed by atoms with E-state index in [0.717, 1.165) is 24.2 Å². The lowest BCUT2D eigenvalue weighted by Gasteiger charge is -2.00. The molecule has 1 fully saturated rings. The van der Waals surface area contributed by atoms with Gasteiger partial charge in [-0.2, -0.15) is 0 Å². The van der Waals surface area contributed by atoms with Crippen LogP contribution in [0.1, 0.15) is 29.2 Å². The quantitative estimate of drug-likeness (QED) is 0.825. The fourth-order valence-corrected chi connectivity index (χ4v) is 1.84. The monoisotopic (exact) mass is 215 g/mol. The van der Waals surface area contributed by atoms with Gasteiger partial charge in [-0.25, -0.2) is 4.98 Å². The van der Waals surface area contributed by atoms with Crippen molar-refractivity contribution in [1.82, 2.24) is 14.7 Å². The summed E-state index contributed by atoms with van der Waals surface area (Å²) in [7, 11) is 0. The molecule has 1 aliphatic rings. The van der Waals surface area contributed by atoms with Gasteiger partial charge in [0, 0.05) is 12.2 Å². The zero-order valence-electron chi connectivity index (χ0n) is 9.10. The Bertz CT molecular complexity index is 554. The van der Waals surface area contributed by atoms with Crippen LogP contribution < -0.4 is 5.32 Å². The summed E-state index contributed by atoms with van der Waals surface area (Å²) < 4.78 is 1.93. The van der Waals surface area contributed by atoms with E-state index in [1.165, 1.54) is 0 Å². The number of carbonyl (C=O) groups is 1. The number of fused-ring (bicyclic) bond motifs is 1. The third kappa shape index (κ3) is 1.46. The van der Waals surface area contributed by atoms with Crippen LogP contribution in [-0.4, -0.2) is 21.3 Å². The fraction of sp³-hybridized carbons (Fsp3) is 0.333. The molecule has 0 saturated heterocycles. The number of aromatic nitrogens is 2. The summed E-state index contributed by atoms with van der Waals surface area (Å²) in [5.74, 6) is 0.788. The number of nitrogens with zero attached hydrogens (tertiary/aromatic N) is 2. The molecule has 1 saturated carbocycles. The summed E-state index contributed by atoms with van der Waals surface area (Å²) in [4.78, 5) is 16.3. The largest absolute Gasteiger partial charge is 0.348 e. The molecular weight excluding hydrogens is 202 g/mol. The molecule has 1 amide bonds. The molecule has 3 rings (SSSR count). The van der Waals surface area contributed by atoms with E-state index in [1.54, 1.807) is 0 Å². The van der Waals surface area contributed by atoms with Gasteiger partial charge < -0.3 is 9.72 Å². The lowest BCUT2D eigenvalue weighted by Crippen LogP contribution is -2.25. The van der Waals surface area contributed by atoms with Crippen LogP contribution in [-0.2, 0) is 0 Å². The molecule has 82 valence electrons. The summed E-state index contributed by atoms with van der Waals surface area (Å²) in [6.45, 7) is 1.90. The van der Waals surface area contributed by atoms with Crippen molar-refractivity contribution in [2.75, 3.05) is 0 Å². The minimum atomic E-state index is -0.0562. The molecule has 4 heteroatoms. The first kappa shape index (κ1) is 9.39. The van der Waals surface area contributed by atoms with E-state index in [0.29, 0.717) is 11.7 Å². The van der Waals surface area contributed by atoms with Gasteiger partial charge in [0.15, 0.2) is 5.69 Å². The average Bonchev–Trinajstić information content (AvgIpc) is 3.03. The van der Waals surface area contributed by atoms with Gasteiger partial charge in [-0.15, -0.1) is 0 Å². The number of imidazole rings is 1. The highest BCUT2D eigenvalue weighted by Gasteiger charge is 2.25. The normalized spacial score (nSPS) is 15.3. The average molecular weight is 215 g/mol. The number of hydrogen-bond donors (Lipinski definition) is 1. The van der Waals surface area contributed by atoms with Gasteiger partial charge in [0.25, 0.3) is 5.91 Å². The highest BCUT2D eigenvalue weighted by Crippen LogP contribution is 2.20. The first-order valence-electron chi connectivity index (χ1n) is 5.50. The Labute approximate surface area is 93.3 Å². The van der Waals surface area contributed by atoms with E-state index >= 15 is 0 Å². The van der Waals surface area contributed by atoms with Gasteiger partial charge >= 0.3 is 0 Å². The van der Waals surface area contributed by atoms with Crippen LogP contribution in [0, 0.1) is 6.92 Å². The number of nitrogens with one attached hydrogen (secondary N) is 1. The summed E-state index contributed by atoms with van der Waals surface area (Å²) in [5.41, 5.74) is 1.41. The Kier molecular flexibility index (Phi) is 1.96. The van der Waals surface area contributed by atoms with Crippen LogP contribution in [0.3, 0.4) is 0 Å². The highest BCUT2D eigenvalue weighted by molar-refractivity contribution is 5.99. The van der Waals surface area contributed by atoms with Gasteiger partial charge in [0.1, 0.15) is 5.82 Å². The van der Waals surface area contributed by atoms with Gasteiger partial charge in [-0.1, -0.05) is 6.07 Å². The van der Waals surface area contributed by atoms with Gasteiger partial charge in [-0.05, 0) is 31.9 Å². The standard InChI is InChI=1S/C12H13N3O/c1-8-13-11(12(16)14-9-5-6-9)10-4-2-3-7-15(8)10/h2-4,7,9H,5-6H2,1H3,(H,14,16). The molecule has 0 bridgehead atoms. The maximum absolute atomic E-state index is 11.9. The number of rotatable bonds is 2. The van der Waals surface area contributed by atoms with E-state index < -0.39 is 0 Å². The van der Waals surface area contributed by atoms with Crippen molar-refractivity contribution in [3.63, 3.8) is 0 Å². The van der Waals surface area contributed by atoms with E-state index in [-0.39, 0.29) is 5.91 Å². The number of amides is 1. The minimum absolute atomic E-state index is 0.0562. The topological polar surface area (TPSA) is 46.4 Å². The molecule has 2 aromatic heterocycles. The molecule has 0 spiro atoms. The second-order valence-electron chi connectivity index (χ2n) is 4.21. The molecule has 0 atom stereocenters. The number of pyridine rings is 1. The van der Waals surface area contributed by atoms with Gasteiger partial charge in [0.2, 0.25) is 0 Å². The van der Waals surface area contributed by atoms with E-state index in [2.05, 4.69) is 10.3 Å². The Morgan fingerprint density at radius 3 is 3.06 bits per heavy atom. The maximum Gasteiger partial charge on any atom is 0.272 e. The van der Waals surface area contributed by atoms with Gasteiger partial charge in [0.05, 0.1) is 5.52 Å². The third-order valence-corrected chi connectivity index (χ3v) is 2.85. The third-order valence-electron chi connectivity index (χ3n) is 2.85. The number of carbonyl (C=O) groups excluding carboxylic acids is 1. The van der Waals surface area contributed by atoms with Crippen LogP contribution in [0.4, 0.5) is 0 Å². The molecule has 0 aliphatic heterocycles. The molecule has 0 unspecified atom stereocenters. The van der Waals surface area contributed by atoms with Crippen LogP contribution in [0.15, 0.2) is 24.4 Å². The molecule has 16 heavy (non-hydrogen) atoms. The molecule has 1 aliphatic carbocycles. The molecule has 0 aromatic carbocycles. The van der Waals surface area contributed by atoms with Crippen LogP contribution in [0.5, 0.6) is 0 Å². The smallest absolute Gasteiger partial charge is 0.272 e. The van der Waals surface area contributed by atoms with E-state index in [1.807, 2.05) is 35.7 Å². The first-order valence-corrected chi connectivity index (χ1v) is 5.50. The number of aryl methyl sites for hydroxylation is 1. The fourth-order valence-electron chi connectivity index (χ4n) is 1.84. The van der Waals surface area contributed by atoms with Crippen molar-refractivity contribution >= 4 is 11.4 Å². The van der Waals surface area contributed by atoms with Crippen molar-refractivity contribution < 1.29 is 4.79 Å². The summed E-state index contributed by atoms with van der Waals surface area (Å²) in [5, 5.41) is 2.96. The second-order valence-corrected chi connectivity index (χ2v) is 4.21. The van der Waals surface area contributed by atoms with Gasteiger partial charge in [-0.3, -0.25) is 4.79 Å². The predicted octanol–water partition coefficient (Wildman–Crippen LogP) is 1.53. The zero-order valence-corrected chi connectivity index (χ0v) is 9.10. The van der Waals surface area contributed by atoms with Crippen molar-refractivity contribution in [2.24, 2.45) is 0 Å². The first-order chi connectivity index (χ1) is 7.75. The summed E-state index contributed by atoms with van der Waals surface area (Å²) in [6.07, 6.45) is 4.11. The Morgan fingerprint density at radius 2 is 2.31 bits per heavy atom. The Morgan fingerprint density at radius 1 is 1.50 bits per heavy atom. The molecule has 1 N–H and O–H groups in total. The molecule has 0 radical (unpaired) electrons. The van der Waals surface area contributed by atoms with Crippen LogP contribution >= 0.6 is 0 Å². The zero-order chi connectivity index (χ0) is 11.1. The van der Waals surface area contributed by atoms with Crippen molar-refractivity contribution in [3.05, 3.63) is 35.9 Å².